The van der Waals surface area contributed by atoms with Crippen LogP contribution in [0.1, 0.15) is 24.1 Å². The molecule has 140 valence electrons. The van der Waals surface area contributed by atoms with Crippen LogP contribution >= 0.6 is 0 Å². The van der Waals surface area contributed by atoms with E-state index in [0.717, 1.165) is 35.7 Å². The van der Waals surface area contributed by atoms with Gasteiger partial charge in [-0.15, -0.1) is 0 Å². The first kappa shape index (κ1) is 17.8. The van der Waals surface area contributed by atoms with E-state index in [1.807, 2.05) is 24.3 Å². The van der Waals surface area contributed by atoms with E-state index in [-0.39, 0.29) is 0 Å². The molecule has 2 heterocycles. The van der Waals surface area contributed by atoms with Crippen LogP contribution in [0, 0.1) is 6.92 Å². The predicted molar refractivity (Wildman–Crippen MR) is 109 cm³/mol. The number of fused-ring (bicyclic) bond motifs is 1. The highest BCUT2D eigenvalue weighted by atomic mass is 16.5. The molecular formula is C23H26N2O2. The van der Waals surface area contributed by atoms with Gasteiger partial charge < -0.3 is 14.4 Å². The summed E-state index contributed by atoms with van der Waals surface area (Å²) in [5, 5.41) is 1.18. The van der Waals surface area contributed by atoms with Crippen molar-refractivity contribution in [3.63, 3.8) is 0 Å². The van der Waals surface area contributed by atoms with Gasteiger partial charge in [0.25, 0.3) is 0 Å². The van der Waals surface area contributed by atoms with Gasteiger partial charge in [0.1, 0.15) is 12.4 Å². The Labute approximate surface area is 160 Å². The minimum Gasteiger partial charge on any atom is -0.489 e. The smallest absolute Gasteiger partial charge is 0.122 e. The first-order valence-corrected chi connectivity index (χ1v) is 9.58. The second-order valence-corrected chi connectivity index (χ2v) is 7.18. The average Bonchev–Trinajstić information content (AvgIpc) is 3.14. The molecule has 4 rings (SSSR count). The molecule has 4 nitrogen and oxygen atoms in total. The third-order valence-corrected chi connectivity index (χ3v) is 5.18. The van der Waals surface area contributed by atoms with Gasteiger partial charge in [0.2, 0.25) is 0 Å². The van der Waals surface area contributed by atoms with Crippen molar-refractivity contribution in [2.75, 3.05) is 25.2 Å². The molecule has 0 radical (unpaired) electrons. The first-order valence-electron chi connectivity index (χ1n) is 9.58. The Morgan fingerprint density at radius 1 is 1.11 bits per heavy atom. The second-order valence-electron chi connectivity index (χ2n) is 7.18. The quantitative estimate of drug-likeness (QED) is 0.634. The maximum absolute atomic E-state index is 5.99. The molecule has 27 heavy (non-hydrogen) atoms. The summed E-state index contributed by atoms with van der Waals surface area (Å²) >= 11 is 0. The molecule has 2 aromatic carbocycles. The summed E-state index contributed by atoms with van der Waals surface area (Å²) < 4.78 is 11.4. The van der Waals surface area contributed by atoms with Crippen LogP contribution in [0.15, 0.2) is 54.6 Å². The molecule has 0 amide bonds. The third kappa shape index (κ3) is 3.91. The molecule has 1 aliphatic heterocycles. The fourth-order valence-corrected chi connectivity index (χ4v) is 3.91. The number of methoxy groups -OCH3 is 1. The first-order chi connectivity index (χ1) is 13.2. The van der Waals surface area contributed by atoms with Crippen LogP contribution < -0.4 is 9.64 Å². The molecule has 1 saturated heterocycles. The number of benzene rings is 2. The zero-order valence-electron chi connectivity index (χ0n) is 16.0. The number of hydrogen-bond acceptors (Lipinski definition) is 4. The van der Waals surface area contributed by atoms with Crippen molar-refractivity contribution in [1.82, 2.24) is 4.98 Å². The molecule has 0 N–H and O–H groups in total. The maximum atomic E-state index is 5.99. The minimum absolute atomic E-state index is 0.439. The Hall–Kier alpha value is -2.59. The fourth-order valence-electron chi connectivity index (χ4n) is 3.91. The Kier molecular flexibility index (Phi) is 5.26. The molecule has 0 spiro atoms. The topological polar surface area (TPSA) is 34.6 Å². The Bertz CT molecular complexity index is 911. The van der Waals surface area contributed by atoms with Gasteiger partial charge in [0.05, 0.1) is 18.2 Å². The molecule has 1 aromatic heterocycles. The molecule has 1 unspecified atom stereocenters. The maximum Gasteiger partial charge on any atom is 0.122 e. The van der Waals surface area contributed by atoms with Crippen molar-refractivity contribution in [2.24, 2.45) is 0 Å². The van der Waals surface area contributed by atoms with Crippen LogP contribution in [0.4, 0.5) is 5.69 Å². The van der Waals surface area contributed by atoms with Crippen LogP contribution in [0.3, 0.4) is 0 Å². The zero-order valence-corrected chi connectivity index (χ0v) is 16.0. The minimum atomic E-state index is 0.439. The van der Waals surface area contributed by atoms with Crippen LogP contribution in [0.5, 0.6) is 5.75 Å². The van der Waals surface area contributed by atoms with Crippen molar-refractivity contribution in [3.8, 4) is 5.75 Å². The number of pyridine rings is 1. The predicted octanol–water partition coefficient (Wildman–Crippen LogP) is 4.74. The Morgan fingerprint density at radius 3 is 2.78 bits per heavy atom. The number of aryl methyl sites for hydroxylation is 1. The molecule has 1 atom stereocenters. The molecule has 0 aliphatic carbocycles. The Morgan fingerprint density at radius 2 is 1.96 bits per heavy atom. The highest BCUT2D eigenvalue weighted by Gasteiger charge is 2.26. The van der Waals surface area contributed by atoms with Gasteiger partial charge in [0, 0.05) is 36.5 Å². The third-order valence-electron chi connectivity index (χ3n) is 5.18. The van der Waals surface area contributed by atoms with E-state index in [2.05, 4.69) is 42.2 Å². The standard InChI is InChI=1S/C23H26N2O2/c1-17-13-23(25-12-6-9-19(25)16-26-2)21-11-10-20(14-22(21)24-17)27-15-18-7-4-3-5-8-18/h3-5,7-8,10-11,13-14,19H,6,9,12,15-16H2,1-2H3. The van der Waals surface area contributed by atoms with E-state index in [9.17, 15) is 0 Å². The largest absolute Gasteiger partial charge is 0.489 e. The Balaban J connectivity index is 1.62. The summed E-state index contributed by atoms with van der Waals surface area (Å²) in [5.74, 6) is 0.852. The lowest BCUT2D eigenvalue weighted by Gasteiger charge is -2.28. The molecular weight excluding hydrogens is 336 g/mol. The summed E-state index contributed by atoms with van der Waals surface area (Å²) in [5.41, 5.74) is 4.43. The van der Waals surface area contributed by atoms with E-state index in [1.165, 1.54) is 23.9 Å². The van der Waals surface area contributed by atoms with Gasteiger partial charge in [-0.3, -0.25) is 4.98 Å². The van der Waals surface area contributed by atoms with E-state index in [1.54, 1.807) is 7.11 Å². The van der Waals surface area contributed by atoms with Crippen LogP contribution in [0.25, 0.3) is 10.9 Å². The molecule has 4 heteroatoms. The molecule has 1 fully saturated rings. The number of aromatic nitrogens is 1. The zero-order chi connectivity index (χ0) is 18.6. The second kappa shape index (κ2) is 7.97. The van der Waals surface area contributed by atoms with E-state index in [4.69, 9.17) is 14.5 Å². The van der Waals surface area contributed by atoms with Crippen LogP contribution in [-0.2, 0) is 11.3 Å². The van der Waals surface area contributed by atoms with E-state index >= 15 is 0 Å². The number of ether oxygens (including phenoxy) is 2. The van der Waals surface area contributed by atoms with Crippen molar-refractivity contribution < 1.29 is 9.47 Å². The number of nitrogens with zero attached hydrogens (tertiary/aromatic N) is 2. The van der Waals surface area contributed by atoms with E-state index in [0.29, 0.717) is 12.6 Å². The number of anilines is 1. The van der Waals surface area contributed by atoms with Crippen LogP contribution in [0.2, 0.25) is 0 Å². The average molecular weight is 362 g/mol. The summed E-state index contributed by atoms with van der Waals surface area (Å²) in [7, 11) is 1.78. The van der Waals surface area contributed by atoms with Crippen LogP contribution in [-0.4, -0.2) is 31.3 Å². The fraction of sp³-hybridized carbons (Fsp3) is 0.348. The van der Waals surface area contributed by atoms with Crippen molar-refractivity contribution in [3.05, 3.63) is 65.9 Å². The van der Waals surface area contributed by atoms with Gasteiger partial charge in [-0.05, 0) is 43.5 Å². The van der Waals surface area contributed by atoms with Crippen molar-refractivity contribution in [2.45, 2.75) is 32.4 Å². The summed E-state index contributed by atoms with van der Waals surface area (Å²) in [6, 6.07) is 19.1. The highest BCUT2D eigenvalue weighted by Crippen LogP contribution is 2.34. The van der Waals surface area contributed by atoms with Gasteiger partial charge in [-0.25, -0.2) is 0 Å². The summed E-state index contributed by atoms with van der Waals surface area (Å²) in [6.07, 6.45) is 2.38. The molecule has 0 bridgehead atoms. The highest BCUT2D eigenvalue weighted by molar-refractivity contribution is 5.93. The van der Waals surface area contributed by atoms with Gasteiger partial charge in [0.15, 0.2) is 0 Å². The summed E-state index contributed by atoms with van der Waals surface area (Å²) in [6.45, 7) is 4.45. The number of rotatable bonds is 6. The lowest BCUT2D eigenvalue weighted by Crippen LogP contribution is -2.33. The lowest BCUT2D eigenvalue weighted by molar-refractivity contribution is 0.181. The lowest BCUT2D eigenvalue weighted by atomic mass is 10.1. The van der Waals surface area contributed by atoms with Gasteiger partial charge >= 0.3 is 0 Å². The molecule has 0 saturated carbocycles. The van der Waals surface area contributed by atoms with Crippen molar-refractivity contribution >= 4 is 16.6 Å². The normalized spacial score (nSPS) is 16.8. The van der Waals surface area contributed by atoms with E-state index < -0.39 is 0 Å². The number of hydrogen-bond donors (Lipinski definition) is 0. The van der Waals surface area contributed by atoms with Crippen molar-refractivity contribution in [1.29, 1.82) is 0 Å². The van der Waals surface area contributed by atoms with Gasteiger partial charge in [-0.2, -0.15) is 0 Å². The monoisotopic (exact) mass is 362 g/mol. The van der Waals surface area contributed by atoms with Gasteiger partial charge in [-0.1, -0.05) is 30.3 Å². The summed E-state index contributed by atoms with van der Waals surface area (Å²) in [4.78, 5) is 7.23. The SMILES string of the molecule is COCC1CCCN1c1cc(C)nc2cc(OCc3ccccc3)ccc12. The molecule has 3 aromatic rings. The molecule has 1 aliphatic rings.